The average Bonchev–Trinajstić information content (AvgIpc) is 2.86. The van der Waals surface area contributed by atoms with E-state index in [9.17, 15) is 0 Å². The lowest BCUT2D eigenvalue weighted by Gasteiger charge is -2.38. The fourth-order valence-corrected chi connectivity index (χ4v) is 3.58. The maximum absolute atomic E-state index is 2.49. The first-order chi connectivity index (χ1) is 7.86. The lowest BCUT2D eigenvalue weighted by Crippen LogP contribution is -2.30. The Morgan fingerprint density at radius 2 is 1.76 bits per heavy atom. The molecule has 0 heterocycles. The quantitative estimate of drug-likeness (QED) is 0.626. The van der Waals surface area contributed by atoms with Crippen molar-refractivity contribution < 1.29 is 0 Å². The zero-order valence-electron chi connectivity index (χ0n) is 12.2. The first-order valence-corrected chi connectivity index (χ1v) is 7.21. The topological polar surface area (TPSA) is 0 Å². The minimum absolute atomic E-state index is 0.490. The van der Waals surface area contributed by atoms with E-state index in [2.05, 4.69) is 58.9 Å². The van der Waals surface area contributed by atoms with Crippen LogP contribution in [-0.4, -0.2) is 0 Å². The number of hydrogen-bond acceptors (Lipinski definition) is 0. The molecule has 96 valence electrons. The monoisotopic (exact) mass is 232 g/mol. The van der Waals surface area contributed by atoms with Crippen molar-refractivity contribution in [2.75, 3.05) is 0 Å². The summed E-state index contributed by atoms with van der Waals surface area (Å²) < 4.78 is 0. The Morgan fingerprint density at radius 3 is 2.29 bits per heavy atom. The molecule has 2 aliphatic carbocycles. The van der Waals surface area contributed by atoms with Crippen LogP contribution in [0.25, 0.3) is 0 Å². The predicted molar refractivity (Wildman–Crippen MR) is 75.8 cm³/mol. The summed E-state index contributed by atoms with van der Waals surface area (Å²) in [6.07, 6.45) is 13.4. The highest BCUT2D eigenvalue weighted by Gasteiger charge is 2.45. The van der Waals surface area contributed by atoms with Crippen LogP contribution < -0.4 is 0 Å². The molecule has 0 spiro atoms. The summed E-state index contributed by atoms with van der Waals surface area (Å²) in [7, 11) is 0. The van der Waals surface area contributed by atoms with Crippen molar-refractivity contribution in [2.24, 2.45) is 28.6 Å². The van der Waals surface area contributed by atoms with Crippen molar-refractivity contribution in [2.45, 2.75) is 53.9 Å². The van der Waals surface area contributed by atoms with Crippen LogP contribution in [0.3, 0.4) is 0 Å². The highest BCUT2D eigenvalue weighted by Crippen LogP contribution is 2.55. The van der Waals surface area contributed by atoms with E-state index in [0.717, 1.165) is 11.8 Å². The van der Waals surface area contributed by atoms with Crippen LogP contribution in [-0.2, 0) is 0 Å². The van der Waals surface area contributed by atoms with Crippen LogP contribution in [0.15, 0.2) is 24.3 Å². The van der Waals surface area contributed by atoms with Crippen molar-refractivity contribution in [3.8, 4) is 0 Å². The smallest absolute Gasteiger partial charge is 0.000674 e. The normalized spacial score (nSPS) is 34.1. The van der Waals surface area contributed by atoms with Crippen molar-refractivity contribution in [1.82, 2.24) is 0 Å². The van der Waals surface area contributed by atoms with Crippen LogP contribution >= 0.6 is 0 Å². The molecular formula is C17H28. The van der Waals surface area contributed by atoms with E-state index in [0.29, 0.717) is 16.7 Å². The highest BCUT2D eigenvalue weighted by atomic mass is 14.5. The van der Waals surface area contributed by atoms with E-state index in [-0.39, 0.29) is 0 Å². The Balaban J connectivity index is 2.09. The molecule has 0 aliphatic heterocycles. The van der Waals surface area contributed by atoms with Crippen molar-refractivity contribution >= 4 is 0 Å². The first-order valence-electron chi connectivity index (χ1n) is 7.21. The summed E-state index contributed by atoms with van der Waals surface area (Å²) in [5, 5.41) is 0. The molecule has 0 bridgehead atoms. The predicted octanol–water partition coefficient (Wildman–Crippen LogP) is 5.22. The van der Waals surface area contributed by atoms with Gasteiger partial charge >= 0.3 is 0 Å². The Bertz CT molecular complexity index is 320. The molecule has 2 aliphatic rings. The number of allylic oxidation sites excluding steroid dienone is 4. The Labute approximate surface area is 107 Å². The van der Waals surface area contributed by atoms with E-state index in [1.807, 2.05) is 0 Å². The molecule has 2 atom stereocenters. The van der Waals surface area contributed by atoms with Crippen molar-refractivity contribution in [3.63, 3.8) is 0 Å². The molecule has 0 heteroatoms. The van der Waals surface area contributed by atoms with Crippen molar-refractivity contribution in [3.05, 3.63) is 24.3 Å². The third-order valence-corrected chi connectivity index (χ3v) is 5.87. The summed E-state index contributed by atoms with van der Waals surface area (Å²) in [5.41, 5.74) is 1.00. The van der Waals surface area contributed by atoms with Gasteiger partial charge in [-0.25, -0.2) is 0 Å². The van der Waals surface area contributed by atoms with E-state index >= 15 is 0 Å². The molecule has 17 heavy (non-hydrogen) atoms. The summed E-state index contributed by atoms with van der Waals surface area (Å²) >= 11 is 0. The molecule has 0 saturated heterocycles. The summed E-state index contributed by atoms with van der Waals surface area (Å²) in [6, 6.07) is 0. The molecule has 0 amide bonds. The summed E-state index contributed by atoms with van der Waals surface area (Å²) in [4.78, 5) is 0. The van der Waals surface area contributed by atoms with Gasteiger partial charge in [-0.15, -0.1) is 0 Å². The lowest BCUT2D eigenvalue weighted by molar-refractivity contribution is 0.124. The third-order valence-electron chi connectivity index (χ3n) is 5.87. The highest BCUT2D eigenvalue weighted by molar-refractivity contribution is 5.21. The summed E-state index contributed by atoms with van der Waals surface area (Å²) in [6.45, 7) is 12.2. The molecule has 1 fully saturated rings. The first kappa shape index (κ1) is 12.9. The van der Waals surface area contributed by atoms with Gasteiger partial charge in [0.2, 0.25) is 0 Å². The van der Waals surface area contributed by atoms with Gasteiger partial charge in [-0.2, -0.15) is 0 Å². The van der Waals surface area contributed by atoms with Gasteiger partial charge in [0.1, 0.15) is 0 Å². The molecule has 2 unspecified atom stereocenters. The number of rotatable bonds is 3. The van der Waals surface area contributed by atoms with E-state index in [4.69, 9.17) is 0 Å². The molecule has 1 saturated carbocycles. The second-order valence-corrected chi connectivity index (χ2v) is 7.37. The van der Waals surface area contributed by atoms with Gasteiger partial charge in [-0.3, -0.25) is 0 Å². The van der Waals surface area contributed by atoms with Gasteiger partial charge in [0.05, 0.1) is 0 Å². The van der Waals surface area contributed by atoms with Gasteiger partial charge in [-0.05, 0) is 41.9 Å². The Morgan fingerprint density at radius 1 is 1.18 bits per heavy atom. The Kier molecular flexibility index (Phi) is 3.27. The van der Waals surface area contributed by atoms with Gasteiger partial charge in [0.25, 0.3) is 0 Å². The zero-order chi connectivity index (χ0) is 12.7. The number of hydrogen-bond donors (Lipinski definition) is 0. The largest absolute Gasteiger partial charge is 0.0771 e. The molecule has 0 N–H and O–H groups in total. The van der Waals surface area contributed by atoms with E-state index in [1.165, 1.54) is 19.3 Å². The maximum atomic E-state index is 2.49. The zero-order valence-corrected chi connectivity index (χ0v) is 12.2. The third kappa shape index (κ3) is 2.23. The SMILES string of the molecule is CC(C)C(C)(C)C1CCC(C)(C2C=CC=C2)C1. The van der Waals surface area contributed by atoms with Crippen molar-refractivity contribution in [1.29, 1.82) is 0 Å². The van der Waals surface area contributed by atoms with E-state index in [1.54, 1.807) is 0 Å². The minimum atomic E-state index is 0.490. The maximum Gasteiger partial charge on any atom is 0.000674 e. The molecule has 0 aromatic rings. The van der Waals surface area contributed by atoms with Crippen LogP contribution in [0, 0.1) is 28.6 Å². The lowest BCUT2D eigenvalue weighted by atomic mass is 9.67. The standard InChI is InChI=1S/C17H28/c1-13(2)16(3,4)15-10-11-17(5,12-15)14-8-6-7-9-14/h6-9,13-15H,10-12H2,1-5H3. The molecule has 0 aromatic carbocycles. The van der Waals surface area contributed by atoms with Gasteiger partial charge in [0.15, 0.2) is 0 Å². The van der Waals surface area contributed by atoms with Crippen LogP contribution in [0.2, 0.25) is 0 Å². The van der Waals surface area contributed by atoms with Crippen LogP contribution in [0.1, 0.15) is 53.9 Å². The molecule has 0 aromatic heterocycles. The molecule has 2 rings (SSSR count). The fourth-order valence-electron chi connectivity index (χ4n) is 3.58. The van der Waals surface area contributed by atoms with Gasteiger partial charge in [0, 0.05) is 5.92 Å². The second kappa shape index (κ2) is 4.30. The van der Waals surface area contributed by atoms with E-state index < -0.39 is 0 Å². The molecule has 0 radical (unpaired) electrons. The van der Waals surface area contributed by atoms with Gasteiger partial charge in [-0.1, -0.05) is 58.9 Å². The second-order valence-electron chi connectivity index (χ2n) is 7.37. The van der Waals surface area contributed by atoms with Gasteiger partial charge < -0.3 is 0 Å². The molecule has 0 nitrogen and oxygen atoms in total. The van der Waals surface area contributed by atoms with Crippen LogP contribution in [0.5, 0.6) is 0 Å². The average molecular weight is 232 g/mol. The Hall–Kier alpha value is -0.520. The fraction of sp³-hybridized carbons (Fsp3) is 0.765. The van der Waals surface area contributed by atoms with Crippen LogP contribution in [0.4, 0.5) is 0 Å². The molecular weight excluding hydrogens is 204 g/mol. The summed E-state index contributed by atoms with van der Waals surface area (Å²) in [5.74, 6) is 2.37. The minimum Gasteiger partial charge on any atom is -0.0771 e.